The monoisotopic (exact) mass is 440 g/mol. The zero-order valence-corrected chi connectivity index (χ0v) is 19.2. The van der Waals surface area contributed by atoms with Crippen molar-refractivity contribution in [3.05, 3.63) is 59.2 Å². The van der Waals surface area contributed by atoms with Gasteiger partial charge in [-0.25, -0.2) is 4.79 Å². The molecule has 0 spiro atoms. The normalized spacial score (nSPS) is 10.7. The summed E-state index contributed by atoms with van der Waals surface area (Å²) in [4.78, 5) is 20.9. The van der Waals surface area contributed by atoms with Crippen molar-refractivity contribution in [2.45, 2.75) is 27.3 Å². The molecule has 3 aromatic rings. The first-order valence-electron chi connectivity index (χ1n) is 10.5. The first kappa shape index (κ1) is 22.7. The maximum atomic E-state index is 12.9. The molecule has 164 valence electrons. The Bertz CT molecular complexity index is 1050. The van der Waals surface area contributed by atoms with Gasteiger partial charge >= 0.3 is 6.03 Å². The second-order valence-corrected chi connectivity index (χ2v) is 7.58. The molecule has 0 saturated carbocycles. The molecule has 3 rings (SSSR count). The Morgan fingerprint density at radius 2 is 1.77 bits per heavy atom. The Labute approximate surface area is 188 Å². The lowest BCUT2D eigenvalue weighted by Gasteiger charge is -2.29. The van der Waals surface area contributed by atoms with Crippen LogP contribution in [0.5, 0.6) is 5.75 Å². The van der Waals surface area contributed by atoms with Crippen LogP contribution in [0, 0.1) is 0 Å². The standard InChI is InChI=1S/C24H29ClN4O2/c1-5-28(6-2)24(30)29(7-3)16-17-14-19(9-11-23(17)31-4)27-21-12-13-26-22-15-18(25)8-10-20(21)22/h8-15H,5-7,16H2,1-4H3,(H,26,27). The third kappa shape index (κ3) is 5.20. The lowest BCUT2D eigenvalue weighted by molar-refractivity contribution is 0.157. The van der Waals surface area contributed by atoms with Crippen molar-refractivity contribution < 1.29 is 9.53 Å². The van der Waals surface area contributed by atoms with Gasteiger partial charge in [-0.1, -0.05) is 11.6 Å². The van der Waals surface area contributed by atoms with Gasteiger partial charge in [-0.05, 0) is 63.2 Å². The van der Waals surface area contributed by atoms with Gasteiger partial charge in [-0.3, -0.25) is 4.98 Å². The van der Waals surface area contributed by atoms with Crippen molar-refractivity contribution in [1.29, 1.82) is 0 Å². The number of halogens is 1. The second-order valence-electron chi connectivity index (χ2n) is 7.14. The Morgan fingerprint density at radius 3 is 2.45 bits per heavy atom. The molecule has 1 heterocycles. The number of hydrogen-bond acceptors (Lipinski definition) is 4. The number of rotatable bonds is 8. The number of aromatic nitrogens is 1. The van der Waals surface area contributed by atoms with Crippen LogP contribution in [0.1, 0.15) is 26.3 Å². The molecule has 6 nitrogen and oxygen atoms in total. The fourth-order valence-electron chi connectivity index (χ4n) is 3.58. The van der Waals surface area contributed by atoms with Crippen molar-refractivity contribution >= 4 is 39.9 Å². The highest BCUT2D eigenvalue weighted by atomic mass is 35.5. The summed E-state index contributed by atoms with van der Waals surface area (Å²) in [5, 5.41) is 5.11. The number of fused-ring (bicyclic) bond motifs is 1. The van der Waals surface area contributed by atoms with Gasteiger partial charge in [0.2, 0.25) is 0 Å². The van der Waals surface area contributed by atoms with Crippen LogP contribution in [-0.2, 0) is 6.54 Å². The number of nitrogens with zero attached hydrogens (tertiary/aromatic N) is 3. The maximum absolute atomic E-state index is 12.9. The van der Waals surface area contributed by atoms with E-state index < -0.39 is 0 Å². The molecule has 0 aliphatic heterocycles. The Kier molecular flexibility index (Phi) is 7.58. The van der Waals surface area contributed by atoms with Gasteiger partial charge in [0.05, 0.1) is 19.2 Å². The molecule has 31 heavy (non-hydrogen) atoms. The van der Waals surface area contributed by atoms with Gasteiger partial charge in [0.1, 0.15) is 5.75 Å². The first-order chi connectivity index (χ1) is 15.0. The number of benzene rings is 2. The van der Waals surface area contributed by atoms with E-state index in [0.29, 0.717) is 31.2 Å². The summed E-state index contributed by atoms with van der Waals surface area (Å²) in [6, 6.07) is 13.5. The van der Waals surface area contributed by atoms with Crippen LogP contribution in [0.4, 0.5) is 16.2 Å². The summed E-state index contributed by atoms with van der Waals surface area (Å²) < 4.78 is 5.57. The van der Waals surface area contributed by atoms with E-state index in [1.165, 1.54) is 0 Å². The highest BCUT2D eigenvalue weighted by Gasteiger charge is 2.19. The van der Waals surface area contributed by atoms with E-state index in [-0.39, 0.29) is 6.03 Å². The van der Waals surface area contributed by atoms with E-state index in [9.17, 15) is 4.79 Å². The zero-order chi connectivity index (χ0) is 22.4. The smallest absolute Gasteiger partial charge is 0.320 e. The maximum Gasteiger partial charge on any atom is 0.320 e. The van der Waals surface area contributed by atoms with Crippen molar-refractivity contribution in [3.8, 4) is 5.75 Å². The molecule has 0 fully saturated rings. The first-order valence-corrected chi connectivity index (χ1v) is 10.9. The van der Waals surface area contributed by atoms with Crippen LogP contribution >= 0.6 is 11.6 Å². The van der Waals surface area contributed by atoms with Crippen LogP contribution < -0.4 is 10.1 Å². The van der Waals surface area contributed by atoms with Gasteiger partial charge < -0.3 is 19.9 Å². The van der Waals surface area contributed by atoms with Gasteiger partial charge in [0.15, 0.2) is 0 Å². The van der Waals surface area contributed by atoms with Crippen molar-refractivity contribution in [3.63, 3.8) is 0 Å². The molecule has 7 heteroatoms. The summed E-state index contributed by atoms with van der Waals surface area (Å²) in [7, 11) is 1.65. The fraction of sp³-hybridized carbons (Fsp3) is 0.333. The van der Waals surface area contributed by atoms with E-state index >= 15 is 0 Å². The number of amides is 2. The molecule has 2 amide bonds. The number of hydrogen-bond donors (Lipinski definition) is 1. The highest BCUT2D eigenvalue weighted by Crippen LogP contribution is 2.30. The number of pyridine rings is 1. The van der Waals surface area contributed by atoms with Crippen LogP contribution in [0.3, 0.4) is 0 Å². The SMILES string of the molecule is CCN(CC)C(=O)N(CC)Cc1cc(Nc2ccnc3cc(Cl)ccc23)ccc1OC. The van der Waals surface area contributed by atoms with Gasteiger partial charge in [0.25, 0.3) is 0 Å². The largest absolute Gasteiger partial charge is 0.496 e. The molecule has 1 N–H and O–H groups in total. The molecule has 0 saturated heterocycles. The quantitative estimate of drug-likeness (QED) is 0.472. The van der Waals surface area contributed by atoms with Crippen molar-refractivity contribution in [2.24, 2.45) is 0 Å². The molecule has 0 bridgehead atoms. The molecular weight excluding hydrogens is 412 g/mol. The van der Waals surface area contributed by atoms with E-state index in [4.69, 9.17) is 16.3 Å². The van der Waals surface area contributed by atoms with Crippen LogP contribution in [0.25, 0.3) is 10.9 Å². The number of nitrogens with one attached hydrogen (secondary N) is 1. The third-order valence-corrected chi connectivity index (χ3v) is 5.55. The highest BCUT2D eigenvalue weighted by molar-refractivity contribution is 6.31. The van der Waals surface area contributed by atoms with E-state index in [1.807, 2.05) is 73.0 Å². The van der Waals surface area contributed by atoms with E-state index in [0.717, 1.165) is 33.6 Å². The lowest BCUT2D eigenvalue weighted by Crippen LogP contribution is -2.42. The summed E-state index contributed by atoms with van der Waals surface area (Å²) in [5.41, 5.74) is 3.61. The number of urea groups is 1. The van der Waals surface area contributed by atoms with Gasteiger partial charge in [-0.15, -0.1) is 0 Å². The minimum atomic E-state index is 0.0323. The number of carbonyl (C=O) groups excluding carboxylic acids is 1. The minimum absolute atomic E-state index is 0.0323. The molecular formula is C24H29ClN4O2. The average Bonchev–Trinajstić information content (AvgIpc) is 2.78. The number of methoxy groups -OCH3 is 1. The van der Waals surface area contributed by atoms with Crippen LogP contribution in [-0.4, -0.2) is 47.6 Å². The predicted octanol–water partition coefficient (Wildman–Crippen LogP) is 5.92. The molecule has 2 aromatic carbocycles. The molecule has 0 aliphatic rings. The third-order valence-electron chi connectivity index (χ3n) is 5.31. The predicted molar refractivity (Wildman–Crippen MR) is 127 cm³/mol. The fourth-order valence-corrected chi connectivity index (χ4v) is 3.75. The number of anilines is 2. The van der Waals surface area contributed by atoms with Crippen LogP contribution in [0.15, 0.2) is 48.7 Å². The summed E-state index contributed by atoms with van der Waals surface area (Å²) in [5.74, 6) is 0.753. The van der Waals surface area contributed by atoms with Crippen LogP contribution in [0.2, 0.25) is 5.02 Å². The minimum Gasteiger partial charge on any atom is -0.496 e. The Hall–Kier alpha value is -2.99. The Morgan fingerprint density at radius 1 is 1.03 bits per heavy atom. The van der Waals surface area contributed by atoms with Crippen molar-refractivity contribution in [2.75, 3.05) is 32.1 Å². The van der Waals surface area contributed by atoms with Crippen molar-refractivity contribution in [1.82, 2.24) is 14.8 Å². The summed E-state index contributed by atoms with van der Waals surface area (Å²) in [6.45, 7) is 8.43. The second kappa shape index (κ2) is 10.4. The van der Waals surface area contributed by atoms with E-state index in [2.05, 4.69) is 10.3 Å². The average molecular weight is 441 g/mol. The molecule has 0 radical (unpaired) electrons. The lowest BCUT2D eigenvalue weighted by atomic mass is 10.1. The summed E-state index contributed by atoms with van der Waals surface area (Å²) >= 11 is 6.11. The van der Waals surface area contributed by atoms with Gasteiger partial charge in [-0.2, -0.15) is 0 Å². The van der Waals surface area contributed by atoms with Gasteiger partial charge in [0, 0.05) is 53.2 Å². The topological polar surface area (TPSA) is 57.7 Å². The number of carbonyl (C=O) groups is 1. The molecule has 0 unspecified atom stereocenters. The van der Waals surface area contributed by atoms with E-state index in [1.54, 1.807) is 13.3 Å². The molecule has 0 atom stereocenters. The molecule has 0 aliphatic carbocycles. The zero-order valence-electron chi connectivity index (χ0n) is 18.5. The number of ether oxygens (including phenoxy) is 1. The summed E-state index contributed by atoms with van der Waals surface area (Å²) in [6.07, 6.45) is 1.76. The molecule has 1 aromatic heterocycles. The Balaban J connectivity index is 1.90.